The summed E-state index contributed by atoms with van der Waals surface area (Å²) in [6.45, 7) is 12.9. The van der Waals surface area contributed by atoms with Crippen molar-refractivity contribution in [1.29, 1.82) is 0 Å². The van der Waals surface area contributed by atoms with Crippen LogP contribution in [0.5, 0.6) is 0 Å². The summed E-state index contributed by atoms with van der Waals surface area (Å²) in [5.41, 5.74) is 5.59. The molecule has 0 saturated heterocycles. The number of unbranched alkanes of at least 4 members (excludes halogenated alkanes) is 31. The van der Waals surface area contributed by atoms with Crippen molar-refractivity contribution in [3.8, 4) is 0 Å². The van der Waals surface area contributed by atoms with Crippen LogP contribution in [0.4, 0.5) is 0 Å². The predicted molar refractivity (Wildman–Crippen MR) is 249 cm³/mol. The Hall–Kier alpha value is -0.280. The molecule has 0 radical (unpaired) electrons. The lowest BCUT2D eigenvalue weighted by atomic mass is 10.0. The minimum Gasteiger partial charge on any atom is -0.394 e. The number of aliphatic hydroxyl groups is 2. The molecule has 6 N–H and O–H groups in total. The second-order valence-electron chi connectivity index (χ2n) is 17.5. The molecule has 0 bridgehead atoms. The average Bonchev–Trinajstić information content (AvgIpc) is 3.21. The van der Waals surface area contributed by atoms with Crippen molar-refractivity contribution in [2.24, 2.45) is 5.73 Å². The van der Waals surface area contributed by atoms with E-state index < -0.39 is 6.10 Å². The number of nitrogens with two attached hydrogens (primary N) is 1. The van der Waals surface area contributed by atoms with Crippen LogP contribution >= 0.6 is 0 Å². The summed E-state index contributed by atoms with van der Waals surface area (Å²) in [6, 6.07) is 0. The molecule has 0 fully saturated rings. The number of nitrogens with one attached hydrogen (secondary N) is 2. The van der Waals surface area contributed by atoms with Gasteiger partial charge in [-0.3, -0.25) is 0 Å². The fourth-order valence-corrected chi connectivity index (χ4v) is 8.09. The van der Waals surface area contributed by atoms with Crippen LogP contribution in [0.25, 0.3) is 0 Å². The molecule has 0 heterocycles. The van der Waals surface area contributed by atoms with Crippen LogP contribution in [0.3, 0.4) is 0 Å². The monoisotopic (exact) mass is 796 g/mol. The van der Waals surface area contributed by atoms with Gasteiger partial charge in [-0.1, -0.05) is 206 Å². The second kappa shape index (κ2) is 49.1. The highest BCUT2D eigenvalue weighted by atomic mass is 16.3. The fraction of sp³-hybridized carbons (Fsp3) is 1.00. The molecule has 7 heteroatoms. The highest BCUT2D eigenvalue weighted by Gasteiger charge is 2.18. The van der Waals surface area contributed by atoms with Gasteiger partial charge in [0.2, 0.25) is 0 Å². The summed E-state index contributed by atoms with van der Waals surface area (Å²) in [7, 11) is 0. The van der Waals surface area contributed by atoms with Crippen molar-refractivity contribution in [2.75, 3.05) is 65.5 Å². The van der Waals surface area contributed by atoms with Gasteiger partial charge in [0.25, 0.3) is 0 Å². The molecule has 0 spiro atoms. The molecule has 1 atom stereocenters. The molecule has 7 nitrogen and oxygen atoms in total. The predicted octanol–water partition coefficient (Wildman–Crippen LogP) is 12.1. The minimum atomic E-state index is -0.686. The van der Waals surface area contributed by atoms with E-state index in [0.717, 1.165) is 65.2 Å². The van der Waals surface area contributed by atoms with Crippen molar-refractivity contribution in [3.05, 3.63) is 0 Å². The van der Waals surface area contributed by atoms with E-state index in [1.54, 1.807) is 0 Å². The summed E-state index contributed by atoms with van der Waals surface area (Å²) in [6.07, 6.45) is 48.4. The Kier molecular flexibility index (Phi) is 48.8. The largest absolute Gasteiger partial charge is 0.394 e. The van der Waals surface area contributed by atoms with E-state index in [1.807, 2.05) is 0 Å². The van der Waals surface area contributed by atoms with Gasteiger partial charge in [0.1, 0.15) is 0 Å². The molecule has 0 aliphatic carbocycles. The van der Waals surface area contributed by atoms with Crippen molar-refractivity contribution >= 4 is 0 Å². The molecule has 1 unspecified atom stereocenters. The van der Waals surface area contributed by atoms with E-state index in [1.165, 1.54) is 218 Å². The van der Waals surface area contributed by atoms with Gasteiger partial charge in [-0.05, 0) is 71.2 Å². The molecular formula is C49H105N5O2. The number of aliphatic hydroxyl groups excluding tert-OH is 2. The SMILES string of the molecule is CCCCCCCCCCCCCCCCCCN(CCCCCCCCCCCCCCCCCC)N(CCCNCCCCNCCCN)CC(O)CO. The highest BCUT2D eigenvalue weighted by Crippen LogP contribution is 2.17. The average molecular weight is 796 g/mol. The van der Waals surface area contributed by atoms with Gasteiger partial charge in [0.15, 0.2) is 0 Å². The molecule has 56 heavy (non-hydrogen) atoms. The third-order valence-electron chi connectivity index (χ3n) is 11.9. The normalized spacial score (nSPS) is 12.5. The molecule has 0 aromatic heterocycles. The van der Waals surface area contributed by atoms with Gasteiger partial charge < -0.3 is 26.6 Å². The topological polar surface area (TPSA) is 97.0 Å². The minimum absolute atomic E-state index is 0.167. The van der Waals surface area contributed by atoms with Gasteiger partial charge in [-0.25, -0.2) is 10.0 Å². The molecular weight excluding hydrogens is 691 g/mol. The van der Waals surface area contributed by atoms with Gasteiger partial charge >= 0.3 is 0 Å². The first kappa shape index (κ1) is 55.7. The van der Waals surface area contributed by atoms with Crippen LogP contribution in [-0.4, -0.2) is 91.8 Å². The Morgan fingerprint density at radius 2 is 0.661 bits per heavy atom. The van der Waals surface area contributed by atoms with Crippen LogP contribution in [0.2, 0.25) is 0 Å². The molecule has 0 rings (SSSR count). The standard InChI is InChI=1S/C49H105N5O2/c1-3-5-7-9-11-13-15-17-19-21-23-25-27-29-31-35-44-53(45-36-32-30-28-26-24-22-20-18-16-14-12-10-8-6-4-2)54(47-49(56)48-55)46-38-43-52-41-34-33-40-51-42-37-39-50/h49,51-52,55-56H,3-48,50H2,1-2H3. The van der Waals surface area contributed by atoms with E-state index in [9.17, 15) is 10.2 Å². The molecule has 0 amide bonds. The maximum atomic E-state index is 10.5. The molecule has 0 aliphatic heterocycles. The smallest absolute Gasteiger partial charge is 0.0911 e. The first-order chi connectivity index (χ1) is 27.7. The van der Waals surface area contributed by atoms with E-state index in [0.29, 0.717) is 6.54 Å². The lowest BCUT2D eigenvalue weighted by Gasteiger charge is -2.36. The van der Waals surface area contributed by atoms with E-state index in [4.69, 9.17) is 5.73 Å². The molecule has 0 aliphatic rings. The summed E-state index contributed by atoms with van der Waals surface area (Å²) in [5.74, 6) is 0. The number of hydrazine groups is 1. The van der Waals surface area contributed by atoms with Crippen LogP contribution in [0.1, 0.15) is 245 Å². The first-order valence-electron chi connectivity index (χ1n) is 25.6. The quantitative estimate of drug-likeness (QED) is 0.0309. The summed E-state index contributed by atoms with van der Waals surface area (Å²) < 4.78 is 0. The van der Waals surface area contributed by atoms with E-state index in [2.05, 4.69) is 34.5 Å². The van der Waals surface area contributed by atoms with E-state index >= 15 is 0 Å². The van der Waals surface area contributed by atoms with Crippen LogP contribution < -0.4 is 16.4 Å². The van der Waals surface area contributed by atoms with Crippen molar-refractivity contribution in [3.63, 3.8) is 0 Å². The summed E-state index contributed by atoms with van der Waals surface area (Å²) in [4.78, 5) is 0. The van der Waals surface area contributed by atoms with Gasteiger partial charge in [0, 0.05) is 26.2 Å². The Bertz CT molecular complexity index is 665. The van der Waals surface area contributed by atoms with Crippen LogP contribution in [0, 0.1) is 0 Å². The maximum Gasteiger partial charge on any atom is 0.0911 e. The summed E-state index contributed by atoms with van der Waals surface area (Å²) >= 11 is 0. The van der Waals surface area contributed by atoms with Gasteiger partial charge in [-0.2, -0.15) is 0 Å². The third kappa shape index (κ3) is 43.3. The Balaban J connectivity index is 4.47. The van der Waals surface area contributed by atoms with Crippen molar-refractivity contribution in [1.82, 2.24) is 20.7 Å². The van der Waals surface area contributed by atoms with E-state index in [-0.39, 0.29) is 6.61 Å². The fourth-order valence-electron chi connectivity index (χ4n) is 8.09. The van der Waals surface area contributed by atoms with Gasteiger partial charge in [-0.15, -0.1) is 0 Å². The number of nitrogens with zero attached hydrogens (tertiary/aromatic N) is 2. The zero-order chi connectivity index (χ0) is 40.7. The Morgan fingerprint density at radius 1 is 0.375 bits per heavy atom. The third-order valence-corrected chi connectivity index (χ3v) is 11.9. The Morgan fingerprint density at radius 3 is 0.982 bits per heavy atom. The Labute approximate surface area is 352 Å². The lowest BCUT2D eigenvalue weighted by Crippen LogP contribution is -2.48. The van der Waals surface area contributed by atoms with Crippen molar-refractivity contribution < 1.29 is 10.2 Å². The molecule has 0 aromatic carbocycles. The highest BCUT2D eigenvalue weighted by molar-refractivity contribution is 4.67. The zero-order valence-corrected chi connectivity index (χ0v) is 38.5. The molecule has 338 valence electrons. The number of rotatable bonds is 50. The second-order valence-corrected chi connectivity index (χ2v) is 17.5. The van der Waals surface area contributed by atoms with Crippen LogP contribution in [0.15, 0.2) is 0 Å². The summed E-state index contributed by atoms with van der Waals surface area (Å²) in [5, 5.41) is 32.4. The first-order valence-corrected chi connectivity index (χ1v) is 25.6. The number of hydrogen-bond donors (Lipinski definition) is 5. The van der Waals surface area contributed by atoms with Gasteiger partial charge in [0.05, 0.1) is 12.7 Å². The molecule has 0 saturated carbocycles. The van der Waals surface area contributed by atoms with Crippen LogP contribution in [-0.2, 0) is 0 Å². The van der Waals surface area contributed by atoms with Crippen molar-refractivity contribution in [2.45, 2.75) is 251 Å². The number of hydrogen-bond acceptors (Lipinski definition) is 7. The molecule has 0 aromatic rings. The zero-order valence-electron chi connectivity index (χ0n) is 38.5. The lowest BCUT2D eigenvalue weighted by molar-refractivity contribution is -0.0649. The maximum absolute atomic E-state index is 10.5.